The zero-order chi connectivity index (χ0) is 18.6. The molecule has 0 saturated carbocycles. The summed E-state index contributed by atoms with van der Waals surface area (Å²) in [6.45, 7) is 1.71. The van der Waals surface area contributed by atoms with Crippen LogP contribution >= 0.6 is 0 Å². The van der Waals surface area contributed by atoms with Gasteiger partial charge in [-0.25, -0.2) is 4.98 Å². The number of benzene rings is 1. The number of rotatable bonds is 5. The Bertz CT molecular complexity index is 961. The van der Waals surface area contributed by atoms with E-state index in [4.69, 9.17) is 14.5 Å². The van der Waals surface area contributed by atoms with Crippen molar-refractivity contribution in [2.24, 2.45) is 0 Å². The van der Waals surface area contributed by atoms with Gasteiger partial charge in [-0.2, -0.15) is 10.2 Å². The van der Waals surface area contributed by atoms with Crippen LogP contribution in [0.3, 0.4) is 0 Å². The summed E-state index contributed by atoms with van der Waals surface area (Å²) in [6, 6.07) is 13.6. The third-order valence-corrected chi connectivity index (χ3v) is 4.74. The number of pyridine rings is 1. The average molecular weight is 361 g/mol. The molecule has 0 amide bonds. The smallest absolute Gasteiger partial charge is 0.244 e. The van der Waals surface area contributed by atoms with Crippen LogP contribution in [0.2, 0.25) is 0 Å². The molecule has 0 spiro atoms. The fraction of sp³-hybridized carbons (Fsp3) is 0.300. The maximum Gasteiger partial charge on any atom is 0.244 e. The van der Waals surface area contributed by atoms with E-state index >= 15 is 0 Å². The summed E-state index contributed by atoms with van der Waals surface area (Å²) in [7, 11) is 1.58. The predicted molar refractivity (Wildman–Crippen MR) is 97.6 cm³/mol. The highest BCUT2D eigenvalue weighted by Gasteiger charge is 2.30. The molecule has 1 aliphatic heterocycles. The van der Waals surface area contributed by atoms with Gasteiger partial charge in [0.1, 0.15) is 0 Å². The highest BCUT2D eigenvalue weighted by atomic mass is 16.5. The van der Waals surface area contributed by atoms with Gasteiger partial charge in [0.05, 0.1) is 24.8 Å². The lowest BCUT2D eigenvalue weighted by molar-refractivity contribution is 0.201. The van der Waals surface area contributed by atoms with E-state index in [9.17, 15) is 0 Å². The third-order valence-electron chi connectivity index (χ3n) is 4.74. The topological polar surface area (TPSA) is 88.1 Å². The molecular weight excluding hydrogens is 342 g/mol. The van der Waals surface area contributed by atoms with Crippen molar-refractivity contribution in [1.82, 2.24) is 20.0 Å². The molecule has 1 saturated heterocycles. The minimum Gasteiger partial charge on any atom is -0.481 e. The molecule has 136 valence electrons. The van der Waals surface area contributed by atoms with Crippen molar-refractivity contribution in [2.75, 3.05) is 13.7 Å². The van der Waals surface area contributed by atoms with Gasteiger partial charge in [0, 0.05) is 24.4 Å². The van der Waals surface area contributed by atoms with Gasteiger partial charge in [-0.1, -0.05) is 17.3 Å². The SMILES string of the molecule is COc1ccc(-c2noc([C@@H]3CCCN3Cc3cccc(C#N)c3)n2)cn1. The van der Waals surface area contributed by atoms with Gasteiger partial charge in [0.2, 0.25) is 17.6 Å². The first-order valence-electron chi connectivity index (χ1n) is 8.84. The van der Waals surface area contributed by atoms with Crippen LogP contribution in [0.15, 0.2) is 47.1 Å². The van der Waals surface area contributed by atoms with E-state index in [1.807, 2.05) is 30.3 Å². The molecule has 3 heterocycles. The molecule has 7 heteroatoms. The summed E-state index contributed by atoms with van der Waals surface area (Å²) >= 11 is 0. The van der Waals surface area contributed by atoms with Crippen LogP contribution in [0.4, 0.5) is 0 Å². The van der Waals surface area contributed by atoms with Gasteiger partial charge in [-0.3, -0.25) is 4.90 Å². The number of aromatic nitrogens is 3. The van der Waals surface area contributed by atoms with Crippen molar-refractivity contribution in [2.45, 2.75) is 25.4 Å². The lowest BCUT2D eigenvalue weighted by Gasteiger charge is -2.21. The van der Waals surface area contributed by atoms with Gasteiger partial charge in [-0.05, 0) is 43.1 Å². The lowest BCUT2D eigenvalue weighted by atomic mass is 10.1. The van der Waals surface area contributed by atoms with Crippen molar-refractivity contribution >= 4 is 0 Å². The van der Waals surface area contributed by atoms with E-state index in [-0.39, 0.29) is 6.04 Å². The van der Waals surface area contributed by atoms with Crippen LogP contribution in [-0.4, -0.2) is 33.7 Å². The molecule has 0 radical (unpaired) electrons. The second kappa shape index (κ2) is 7.56. The summed E-state index contributed by atoms with van der Waals surface area (Å²) in [6.07, 6.45) is 3.72. The Balaban J connectivity index is 1.52. The van der Waals surface area contributed by atoms with E-state index in [1.54, 1.807) is 19.4 Å². The molecule has 1 fully saturated rings. The fourth-order valence-electron chi connectivity index (χ4n) is 3.39. The van der Waals surface area contributed by atoms with Crippen molar-refractivity contribution in [1.29, 1.82) is 5.26 Å². The molecular formula is C20H19N5O2. The molecule has 2 aromatic heterocycles. The highest BCUT2D eigenvalue weighted by molar-refractivity contribution is 5.53. The molecule has 4 rings (SSSR count). The van der Waals surface area contributed by atoms with Gasteiger partial charge in [-0.15, -0.1) is 0 Å². The van der Waals surface area contributed by atoms with Gasteiger partial charge in [0.15, 0.2) is 0 Å². The molecule has 3 aromatic rings. The molecule has 1 atom stereocenters. The number of nitriles is 1. The number of methoxy groups -OCH3 is 1. The summed E-state index contributed by atoms with van der Waals surface area (Å²) < 4.78 is 10.6. The van der Waals surface area contributed by atoms with Crippen molar-refractivity contribution in [3.63, 3.8) is 0 Å². The molecule has 1 aromatic carbocycles. The monoisotopic (exact) mass is 361 g/mol. The van der Waals surface area contributed by atoms with E-state index in [0.29, 0.717) is 23.2 Å². The second-order valence-corrected chi connectivity index (χ2v) is 6.49. The summed E-state index contributed by atoms with van der Waals surface area (Å²) in [5, 5.41) is 13.2. The first-order valence-corrected chi connectivity index (χ1v) is 8.84. The Kier molecular flexibility index (Phi) is 4.81. The van der Waals surface area contributed by atoms with E-state index in [1.165, 1.54) is 0 Å². The lowest BCUT2D eigenvalue weighted by Crippen LogP contribution is -2.23. The molecule has 1 aliphatic rings. The van der Waals surface area contributed by atoms with Crippen LogP contribution in [-0.2, 0) is 6.54 Å². The number of likely N-dealkylation sites (tertiary alicyclic amines) is 1. The first kappa shape index (κ1) is 17.2. The van der Waals surface area contributed by atoms with Gasteiger partial charge >= 0.3 is 0 Å². The maximum absolute atomic E-state index is 9.09. The van der Waals surface area contributed by atoms with Crippen molar-refractivity contribution in [3.8, 4) is 23.3 Å². The summed E-state index contributed by atoms with van der Waals surface area (Å²) in [5.74, 6) is 1.69. The first-order chi connectivity index (χ1) is 13.3. The number of hydrogen-bond acceptors (Lipinski definition) is 7. The second-order valence-electron chi connectivity index (χ2n) is 6.49. The van der Waals surface area contributed by atoms with E-state index in [0.717, 1.165) is 37.1 Å². The normalized spacial score (nSPS) is 17.0. The summed E-state index contributed by atoms with van der Waals surface area (Å²) in [5.41, 5.74) is 2.58. The Hall–Kier alpha value is -3.24. The molecule has 0 aliphatic carbocycles. The minimum atomic E-state index is 0.0863. The van der Waals surface area contributed by atoms with Crippen LogP contribution < -0.4 is 4.74 Å². The Morgan fingerprint density at radius 3 is 3.04 bits per heavy atom. The molecule has 0 N–H and O–H groups in total. The third kappa shape index (κ3) is 3.66. The number of hydrogen-bond donors (Lipinski definition) is 0. The van der Waals surface area contributed by atoms with E-state index < -0.39 is 0 Å². The zero-order valence-corrected chi connectivity index (χ0v) is 15.0. The molecule has 27 heavy (non-hydrogen) atoms. The van der Waals surface area contributed by atoms with Crippen molar-refractivity contribution < 1.29 is 9.26 Å². The number of ether oxygens (including phenoxy) is 1. The van der Waals surface area contributed by atoms with Crippen LogP contribution in [0.1, 0.15) is 35.9 Å². The molecule has 0 unspecified atom stereocenters. The van der Waals surface area contributed by atoms with Crippen LogP contribution in [0, 0.1) is 11.3 Å². The van der Waals surface area contributed by atoms with Crippen LogP contribution in [0.25, 0.3) is 11.4 Å². The summed E-state index contributed by atoms with van der Waals surface area (Å²) in [4.78, 5) is 11.1. The van der Waals surface area contributed by atoms with E-state index in [2.05, 4.69) is 26.1 Å². The maximum atomic E-state index is 9.09. The average Bonchev–Trinajstić information content (AvgIpc) is 3.37. The van der Waals surface area contributed by atoms with Gasteiger partial charge < -0.3 is 9.26 Å². The standard InChI is InChI=1S/C20H19N5O2/c1-26-18-8-7-16(12-22-18)19-23-20(27-24-19)17-6-3-9-25(17)13-15-5-2-4-14(10-15)11-21/h2,4-5,7-8,10,12,17H,3,6,9,13H2,1H3/t17-/m0/s1. The molecule has 0 bridgehead atoms. The number of nitrogens with zero attached hydrogens (tertiary/aromatic N) is 5. The molecule has 7 nitrogen and oxygen atoms in total. The van der Waals surface area contributed by atoms with Gasteiger partial charge in [0.25, 0.3) is 0 Å². The zero-order valence-electron chi connectivity index (χ0n) is 15.0. The van der Waals surface area contributed by atoms with Crippen LogP contribution in [0.5, 0.6) is 5.88 Å². The highest BCUT2D eigenvalue weighted by Crippen LogP contribution is 2.33. The minimum absolute atomic E-state index is 0.0863. The Labute approximate surface area is 157 Å². The predicted octanol–water partition coefficient (Wildman–Crippen LogP) is 3.35. The van der Waals surface area contributed by atoms with Crippen molar-refractivity contribution in [3.05, 3.63) is 59.6 Å². The Morgan fingerprint density at radius 2 is 2.26 bits per heavy atom. The largest absolute Gasteiger partial charge is 0.481 e. The quantitative estimate of drug-likeness (QED) is 0.688. The fourth-order valence-corrected chi connectivity index (χ4v) is 3.39. The Morgan fingerprint density at radius 1 is 1.33 bits per heavy atom.